The monoisotopic (exact) mass is 394 g/mol. The Bertz CT molecular complexity index is 946. The number of aromatic nitrogens is 1. The van der Waals surface area contributed by atoms with Crippen molar-refractivity contribution in [1.82, 2.24) is 4.98 Å². The first-order chi connectivity index (χ1) is 13.3. The second kappa shape index (κ2) is 8.44. The number of nitrogens with one attached hydrogen (secondary N) is 1. The fourth-order valence-corrected chi connectivity index (χ4v) is 2.77. The normalized spacial score (nSPS) is 11.1. The molecule has 0 bridgehead atoms. The van der Waals surface area contributed by atoms with Crippen molar-refractivity contribution >= 4 is 23.3 Å². The first kappa shape index (κ1) is 19.9. The van der Waals surface area contributed by atoms with Crippen LogP contribution in [-0.2, 0) is 12.0 Å². The number of benzene rings is 2. The Kier molecular flexibility index (Phi) is 6.00. The Balaban J connectivity index is 1.63. The van der Waals surface area contributed by atoms with E-state index in [9.17, 15) is 4.79 Å². The molecule has 0 atom stereocenters. The van der Waals surface area contributed by atoms with Crippen molar-refractivity contribution in [3.63, 3.8) is 0 Å². The fourth-order valence-electron chi connectivity index (χ4n) is 2.66. The molecule has 144 valence electrons. The van der Waals surface area contributed by atoms with Crippen LogP contribution in [0.25, 0.3) is 0 Å². The van der Waals surface area contributed by atoms with Crippen LogP contribution in [0.5, 0.6) is 5.75 Å². The van der Waals surface area contributed by atoms with Gasteiger partial charge in [-0.15, -0.1) is 0 Å². The smallest absolute Gasteiger partial charge is 0.256 e. The van der Waals surface area contributed by atoms with Gasteiger partial charge in [0.15, 0.2) is 0 Å². The van der Waals surface area contributed by atoms with Crippen molar-refractivity contribution in [3.05, 3.63) is 88.6 Å². The maximum absolute atomic E-state index is 12.4. The molecule has 4 nitrogen and oxygen atoms in total. The van der Waals surface area contributed by atoms with E-state index < -0.39 is 0 Å². The molecule has 1 aromatic heterocycles. The van der Waals surface area contributed by atoms with Crippen LogP contribution in [0.15, 0.2) is 66.9 Å². The lowest BCUT2D eigenvalue weighted by Crippen LogP contribution is -2.13. The van der Waals surface area contributed by atoms with Crippen LogP contribution in [0.1, 0.15) is 42.3 Å². The van der Waals surface area contributed by atoms with Gasteiger partial charge < -0.3 is 10.1 Å². The lowest BCUT2D eigenvalue weighted by atomic mass is 9.87. The van der Waals surface area contributed by atoms with E-state index in [1.165, 1.54) is 11.8 Å². The van der Waals surface area contributed by atoms with Crippen LogP contribution in [0.3, 0.4) is 0 Å². The minimum atomic E-state index is -0.230. The summed E-state index contributed by atoms with van der Waals surface area (Å²) in [4.78, 5) is 16.5. The number of halogens is 1. The molecule has 0 aliphatic carbocycles. The summed E-state index contributed by atoms with van der Waals surface area (Å²) in [5.41, 5.74) is 2.82. The van der Waals surface area contributed by atoms with E-state index in [1.807, 2.05) is 30.3 Å². The van der Waals surface area contributed by atoms with Gasteiger partial charge in [0, 0.05) is 11.8 Å². The summed E-state index contributed by atoms with van der Waals surface area (Å²) in [5.74, 6) is 1.02. The van der Waals surface area contributed by atoms with Gasteiger partial charge in [0.2, 0.25) is 0 Å². The Morgan fingerprint density at radius 1 is 1.07 bits per heavy atom. The molecule has 0 aliphatic rings. The highest BCUT2D eigenvalue weighted by atomic mass is 35.5. The highest BCUT2D eigenvalue weighted by Crippen LogP contribution is 2.24. The molecule has 3 rings (SSSR count). The first-order valence-electron chi connectivity index (χ1n) is 9.06. The van der Waals surface area contributed by atoms with Crippen LogP contribution < -0.4 is 10.1 Å². The van der Waals surface area contributed by atoms with Crippen LogP contribution in [0, 0.1) is 0 Å². The van der Waals surface area contributed by atoms with Crippen LogP contribution >= 0.6 is 11.6 Å². The van der Waals surface area contributed by atoms with E-state index in [0.29, 0.717) is 23.0 Å². The van der Waals surface area contributed by atoms with Gasteiger partial charge in [-0.1, -0.05) is 56.6 Å². The van der Waals surface area contributed by atoms with Crippen molar-refractivity contribution in [2.45, 2.75) is 32.8 Å². The molecule has 1 amide bonds. The molecule has 0 aliphatic heterocycles. The topological polar surface area (TPSA) is 51.2 Å². The summed E-state index contributed by atoms with van der Waals surface area (Å²) in [5, 5.41) is 3.28. The zero-order valence-electron chi connectivity index (χ0n) is 16.2. The predicted molar refractivity (Wildman–Crippen MR) is 113 cm³/mol. The molecular formula is C23H23ClN2O2. The molecule has 0 radical (unpaired) electrons. The number of ether oxygens (including phenoxy) is 1. The summed E-state index contributed by atoms with van der Waals surface area (Å²) in [6.45, 7) is 6.92. The second-order valence-corrected chi connectivity index (χ2v) is 8.02. The Hall–Kier alpha value is -2.85. The molecule has 0 saturated carbocycles. The maximum Gasteiger partial charge on any atom is 0.256 e. The van der Waals surface area contributed by atoms with Gasteiger partial charge in [-0.3, -0.25) is 4.79 Å². The van der Waals surface area contributed by atoms with E-state index in [4.69, 9.17) is 16.3 Å². The third-order valence-electron chi connectivity index (χ3n) is 4.28. The number of anilines is 1. The molecule has 3 aromatic rings. The Morgan fingerprint density at radius 2 is 1.82 bits per heavy atom. The van der Waals surface area contributed by atoms with Gasteiger partial charge in [0.25, 0.3) is 5.91 Å². The van der Waals surface area contributed by atoms with Crippen molar-refractivity contribution in [2.75, 3.05) is 5.32 Å². The van der Waals surface area contributed by atoms with Crippen LogP contribution in [0.4, 0.5) is 5.82 Å². The fraction of sp³-hybridized carbons (Fsp3) is 0.217. The molecule has 0 spiro atoms. The zero-order valence-corrected chi connectivity index (χ0v) is 17.0. The lowest BCUT2D eigenvalue weighted by molar-refractivity contribution is 0.102. The average molecular weight is 395 g/mol. The van der Waals surface area contributed by atoms with Gasteiger partial charge in [-0.05, 0) is 52.9 Å². The molecule has 2 aromatic carbocycles. The highest BCUT2D eigenvalue weighted by Gasteiger charge is 2.13. The number of amides is 1. The number of nitrogens with zero attached hydrogens (tertiary/aromatic N) is 1. The molecule has 1 N–H and O–H groups in total. The second-order valence-electron chi connectivity index (χ2n) is 7.58. The predicted octanol–water partition coefficient (Wildman–Crippen LogP) is 5.86. The SMILES string of the molecule is CC(C)(C)c1ccc(OCc2cccc(C(=O)Nc3ccc(Cl)cn3)c2)cc1. The number of hydrogen-bond acceptors (Lipinski definition) is 3. The first-order valence-corrected chi connectivity index (χ1v) is 9.44. The Morgan fingerprint density at radius 3 is 2.46 bits per heavy atom. The third kappa shape index (κ3) is 5.33. The van der Waals surface area contributed by atoms with E-state index in [1.54, 1.807) is 18.2 Å². The summed E-state index contributed by atoms with van der Waals surface area (Å²) < 4.78 is 5.87. The summed E-state index contributed by atoms with van der Waals surface area (Å²) in [7, 11) is 0. The van der Waals surface area contributed by atoms with Gasteiger partial charge in [-0.25, -0.2) is 4.98 Å². The number of hydrogen-bond donors (Lipinski definition) is 1. The van der Waals surface area contributed by atoms with Gasteiger partial charge >= 0.3 is 0 Å². The average Bonchev–Trinajstić information content (AvgIpc) is 2.68. The number of rotatable bonds is 5. The van der Waals surface area contributed by atoms with Crippen LogP contribution in [0.2, 0.25) is 5.02 Å². The van der Waals surface area contributed by atoms with Gasteiger partial charge in [0.05, 0.1) is 5.02 Å². The van der Waals surface area contributed by atoms with E-state index in [0.717, 1.165) is 11.3 Å². The summed E-state index contributed by atoms with van der Waals surface area (Å²) >= 11 is 5.81. The largest absolute Gasteiger partial charge is 0.489 e. The van der Waals surface area contributed by atoms with Crippen LogP contribution in [-0.4, -0.2) is 10.9 Å². The summed E-state index contributed by atoms with van der Waals surface area (Å²) in [6, 6.07) is 18.8. The van der Waals surface area contributed by atoms with Crippen molar-refractivity contribution in [2.24, 2.45) is 0 Å². The molecular weight excluding hydrogens is 372 g/mol. The van der Waals surface area contributed by atoms with Crippen molar-refractivity contribution in [3.8, 4) is 5.75 Å². The summed E-state index contributed by atoms with van der Waals surface area (Å²) in [6.07, 6.45) is 1.49. The van der Waals surface area contributed by atoms with Crippen molar-refractivity contribution < 1.29 is 9.53 Å². The van der Waals surface area contributed by atoms with Crippen molar-refractivity contribution in [1.29, 1.82) is 0 Å². The molecule has 28 heavy (non-hydrogen) atoms. The molecule has 0 saturated heterocycles. The molecule has 1 heterocycles. The third-order valence-corrected chi connectivity index (χ3v) is 4.51. The standard InChI is InChI=1S/C23H23ClN2O2/c1-23(2,3)18-7-10-20(11-8-18)28-15-16-5-4-6-17(13-16)22(27)26-21-12-9-19(24)14-25-21/h4-14H,15H2,1-3H3,(H,25,26,27). The number of carbonyl (C=O) groups is 1. The van der Waals surface area contributed by atoms with E-state index in [2.05, 4.69) is 43.2 Å². The van der Waals surface area contributed by atoms with Gasteiger partial charge in [-0.2, -0.15) is 0 Å². The molecule has 0 fully saturated rings. The minimum absolute atomic E-state index is 0.110. The van der Waals surface area contributed by atoms with Gasteiger partial charge in [0.1, 0.15) is 18.2 Å². The molecule has 0 unspecified atom stereocenters. The number of pyridine rings is 1. The lowest BCUT2D eigenvalue weighted by Gasteiger charge is -2.19. The van der Waals surface area contributed by atoms with E-state index >= 15 is 0 Å². The zero-order chi connectivity index (χ0) is 20.1. The van der Waals surface area contributed by atoms with E-state index in [-0.39, 0.29) is 11.3 Å². The minimum Gasteiger partial charge on any atom is -0.489 e. The maximum atomic E-state index is 12.4. The Labute approximate surface area is 170 Å². The quantitative estimate of drug-likeness (QED) is 0.589. The molecule has 5 heteroatoms. The number of carbonyl (C=O) groups excluding carboxylic acids is 1. The highest BCUT2D eigenvalue weighted by molar-refractivity contribution is 6.30.